The van der Waals surface area contributed by atoms with Crippen molar-refractivity contribution >= 4 is 17.8 Å². The molecule has 26 heavy (non-hydrogen) atoms. The van der Waals surface area contributed by atoms with E-state index in [1.165, 1.54) is 19.2 Å². The van der Waals surface area contributed by atoms with E-state index >= 15 is 0 Å². The molecule has 0 spiro atoms. The van der Waals surface area contributed by atoms with Gasteiger partial charge >= 0.3 is 5.97 Å². The average Bonchev–Trinajstić information content (AvgIpc) is 2.67. The fourth-order valence-electron chi connectivity index (χ4n) is 2.16. The molecule has 1 aliphatic heterocycles. The molecule has 0 bridgehead atoms. The SMILES string of the molecule is CCCNC(=O)CNC(=O)COC(=O)c1cc(OC)c2c(c1)OCCO2. The first-order valence-corrected chi connectivity index (χ1v) is 8.23. The zero-order valence-electron chi connectivity index (χ0n) is 14.8. The molecule has 2 N–H and O–H groups in total. The molecule has 2 rings (SSSR count). The molecule has 9 nitrogen and oxygen atoms in total. The topological polar surface area (TPSA) is 112 Å². The van der Waals surface area contributed by atoms with Gasteiger partial charge in [-0.05, 0) is 18.6 Å². The number of ether oxygens (including phenoxy) is 4. The van der Waals surface area contributed by atoms with Crippen LogP contribution in [-0.4, -0.2) is 57.8 Å². The zero-order valence-corrected chi connectivity index (χ0v) is 14.8. The van der Waals surface area contributed by atoms with E-state index in [4.69, 9.17) is 18.9 Å². The number of carbonyl (C=O) groups excluding carboxylic acids is 3. The number of amides is 2. The molecule has 9 heteroatoms. The number of benzene rings is 1. The van der Waals surface area contributed by atoms with Crippen LogP contribution in [0.1, 0.15) is 23.7 Å². The molecule has 0 saturated heterocycles. The molecule has 1 aliphatic rings. The standard InChI is InChI=1S/C17H22N2O7/c1-3-4-18-14(20)9-19-15(21)10-26-17(22)11-7-12(23-2)16-13(8-11)24-5-6-25-16/h7-8H,3-6,9-10H2,1-2H3,(H,18,20)(H,19,21). The van der Waals surface area contributed by atoms with Gasteiger partial charge in [-0.25, -0.2) is 4.79 Å². The Hall–Kier alpha value is -2.97. The summed E-state index contributed by atoms with van der Waals surface area (Å²) in [7, 11) is 1.44. The Labute approximate surface area is 150 Å². The Balaban J connectivity index is 1.88. The average molecular weight is 366 g/mol. The van der Waals surface area contributed by atoms with Crippen LogP contribution in [0.3, 0.4) is 0 Å². The van der Waals surface area contributed by atoms with Gasteiger partial charge < -0.3 is 29.6 Å². The predicted octanol–water partition coefficient (Wildman–Crippen LogP) is 0.266. The second-order valence-corrected chi connectivity index (χ2v) is 5.41. The molecule has 1 aromatic rings. The zero-order chi connectivity index (χ0) is 18.9. The van der Waals surface area contributed by atoms with Crippen molar-refractivity contribution in [2.24, 2.45) is 0 Å². The maximum atomic E-state index is 12.1. The first-order chi connectivity index (χ1) is 12.5. The lowest BCUT2D eigenvalue weighted by Gasteiger charge is -2.21. The van der Waals surface area contributed by atoms with Gasteiger partial charge in [0.25, 0.3) is 5.91 Å². The van der Waals surface area contributed by atoms with Crippen LogP contribution in [0.15, 0.2) is 12.1 Å². The first kappa shape index (κ1) is 19.4. The summed E-state index contributed by atoms with van der Waals surface area (Å²) in [6, 6.07) is 2.92. The predicted molar refractivity (Wildman–Crippen MR) is 90.6 cm³/mol. The van der Waals surface area contributed by atoms with E-state index in [0.29, 0.717) is 37.0 Å². The highest BCUT2D eigenvalue weighted by atomic mass is 16.6. The molecule has 0 atom stereocenters. The minimum atomic E-state index is -0.717. The smallest absolute Gasteiger partial charge is 0.338 e. The summed E-state index contributed by atoms with van der Waals surface area (Å²) in [5, 5.41) is 4.99. The summed E-state index contributed by atoms with van der Waals surface area (Å²) < 4.78 is 21.0. The summed E-state index contributed by atoms with van der Waals surface area (Å²) >= 11 is 0. The van der Waals surface area contributed by atoms with E-state index < -0.39 is 18.5 Å². The number of carbonyl (C=O) groups is 3. The molecule has 142 valence electrons. The second-order valence-electron chi connectivity index (χ2n) is 5.41. The summed E-state index contributed by atoms with van der Waals surface area (Å²) in [4.78, 5) is 35.2. The maximum Gasteiger partial charge on any atom is 0.338 e. The lowest BCUT2D eigenvalue weighted by atomic mass is 10.1. The van der Waals surface area contributed by atoms with Crippen molar-refractivity contribution in [2.45, 2.75) is 13.3 Å². The molecular weight excluding hydrogens is 344 g/mol. The molecule has 0 aliphatic carbocycles. The third-order valence-corrected chi connectivity index (χ3v) is 3.42. The van der Waals surface area contributed by atoms with Crippen LogP contribution in [0.5, 0.6) is 17.2 Å². The number of esters is 1. The Morgan fingerprint density at radius 1 is 1.12 bits per heavy atom. The minimum Gasteiger partial charge on any atom is -0.493 e. The molecule has 1 heterocycles. The van der Waals surface area contributed by atoms with Crippen molar-refractivity contribution in [1.29, 1.82) is 0 Å². The fraction of sp³-hybridized carbons (Fsp3) is 0.471. The Bertz CT molecular complexity index is 658. The Morgan fingerprint density at radius 2 is 1.88 bits per heavy atom. The van der Waals surface area contributed by atoms with E-state index in [0.717, 1.165) is 6.42 Å². The van der Waals surface area contributed by atoms with Crippen molar-refractivity contribution in [3.8, 4) is 17.2 Å². The Morgan fingerprint density at radius 3 is 2.62 bits per heavy atom. The van der Waals surface area contributed by atoms with E-state index in [9.17, 15) is 14.4 Å². The third-order valence-electron chi connectivity index (χ3n) is 3.42. The van der Waals surface area contributed by atoms with Gasteiger partial charge in [-0.2, -0.15) is 0 Å². The number of hydrogen-bond donors (Lipinski definition) is 2. The molecule has 0 unspecified atom stereocenters. The normalized spacial score (nSPS) is 12.1. The number of hydrogen-bond acceptors (Lipinski definition) is 7. The summed E-state index contributed by atoms with van der Waals surface area (Å²) in [6.07, 6.45) is 0.802. The van der Waals surface area contributed by atoms with Crippen molar-refractivity contribution in [3.05, 3.63) is 17.7 Å². The molecule has 0 aromatic heterocycles. The van der Waals surface area contributed by atoms with E-state index in [1.54, 1.807) is 0 Å². The third kappa shape index (κ3) is 5.27. The van der Waals surface area contributed by atoms with Gasteiger partial charge in [-0.1, -0.05) is 6.92 Å². The number of methoxy groups -OCH3 is 1. The van der Waals surface area contributed by atoms with Gasteiger partial charge in [0.2, 0.25) is 11.7 Å². The summed E-state index contributed by atoms with van der Waals surface area (Å²) in [5.74, 6) is -0.458. The van der Waals surface area contributed by atoms with Crippen molar-refractivity contribution in [2.75, 3.05) is 40.0 Å². The van der Waals surface area contributed by atoms with Gasteiger partial charge in [0, 0.05) is 6.54 Å². The van der Waals surface area contributed by atoms with Gasteiger partial charge in [-0.3, -0.25) is 9.59 Å². The second kappa shape index (κ2) is 9.50. The van der Waals surface area contributed by atoms with Gasteiger partial charge in [0.1, 0.15) is 13.2 Å². The van der Waals surface area contributed by atoms with Crippen molar-refractivity contribution < 1.29 is 33.3 Å². The van der Waals surface area contributed by atoms with E-state index in [-0.39, 0.29) is 18.0 Å². The number of rotatable bonds is 8. The number of fused-ring (bicyclic) bond motifs is 1. The Kier molecular flexibility index (Phi) is 7.07. The van der Waals surface area contributed by atoms with Crippen LogP contribution in [0.25, 0.3) is 0 Å². The maximum absolute atomic E-state index is 12.1. The van der Waals surface area contributed by atoms with Crippen LogP contribution in [-0.2, 0) is 14.3 Å². The van der Waals surface area contributed by atoms with Gasteiger partial charge in [-0.15, -0.1) is 0 Å². The van der Waals surface area contributed by atoms with Crippen molar-refractivity contribution in [3.63, 3.8) is 0 Å². The van der Waals surface area contributed by atoms with E-state index in [1.807, 2.05) is 6.92 Å². The molecule has 0 saturated carbocycles. The van der Waals surface area contributed by atoms with Crippen LogP contribution in [0.4, 0.5) is 0 Å². The minimum absolute atomic E-state index is 0.166. The molecular formula is C17H22N2O7. The fourth-order valence-corrected chi connectivity index (χ4v) is 2.16. The summed E-state index contributed by atoms with van der Waals surface area (Å²) in [6.45, 7) is 2.53. The first-order valence-electron chi connectivity index (χ1n) is 8.23. The van der Waals surface area contributed by atoms with E-state index in [2.05, 4.69) is 10.6 Å². The monoisotopic (exact) mass is 366 g/mol. The van der Waals surface area contributed by atoms with Crippen LogP contribution < -0.4 is 24.8 Å². The van der Waals surface area contributed by atoms with Crippen LogP contribution >= 0.6 is 0 Å². The highest BCUT2D eigenvalue weighted by Gasteiger charge is 2.22. The quantitative estimate of drug-likeness (QED) is 0.635. The van der Waals surface area contributed by atoms with Gasteiger partial charge in [0.15, 0.2) is 18.1 Å². The van der Waals surface area contributed by atoms with Crippen LogP contribution in [0.2, 0.25) is 0 Å². The largest absolute Gasteiger partial charge is 0.493 e. The molecule has 0 fully saturated rings. The van der Waals surface area contributed by atoms with Gasteiger partial charge in [0.05, 0.1) is 19.2 Å². The van der Waals surface area contributed by atoms with Crippen LogP contribution in [0, 0.1) is 0 Å². The lowest BCUT2D eigenvalue weighted by molar-refractivity contribution is -0.127. The molecule has 1 aromatic carbocycles. The molecule has 2 amide bonds. The molecule has 0 radical (unpaired) electrons. The summed E-state index contributed by atoms with van der Waals surface area (Å²) in [5.41, 5.74) is 0.166. The highest BCUT2D eigenvalue weighted by molar-refractivity contribution is 5.93. The highest BCUT2D eigenvalue weighted by Crippen LogP contribution is 2.40. The number of nitrogens with one attached hydrogen (secondary N) is 2. The van der Waals surface area contributed by atoms with Crippen molar-refractivity contribution in [1.82, 2.24) is 10.6 Å². The lowest BCUT2D eigenvalue weighted by Crippen LogP contribution is -2.38.